The molecule has 3 heteroatoms. The molecular weight excluding hydrogens is 296 g/mol. The molecule has 0 aliphatic carbocycles. The summed E-state index contributed by atoms with van der Waals surface area (Å²) in [4.78, 5) is 15.0. The number of carbonyl (C=O) groups excluding carboxylic acids is 1. The third-order valence-corrected chi connectivity index (χ3v) is 4.51. The Bertz CT molecular complexity index is 900. The lowest BCUT2D eigenvalue weighted by Gasteiger charge is -2.23. The number of anilines is 2. The van der Waals surface area contributed by atoms with Crippen molar-refractivity contribution in [2.75, 3.05) is 10.6 Å². The lowest BCUT2D eigenvalue weighted by atomic mass is 10.0. The zero-order valence-electron chi connectivity index (χ0n) is 13.3. The van der Waals surface area contributed by atoms with E-state index in [4.69, 9.17) is 5.73 Å². The van der Waals surface area contributed by atoms with Crippen LogP contribution < -0.4 is 10.6 Å². The Kier molecular flexibility index (Phi) is 3.54. The molecule has 1 heterocycles. The zero-order chi connectivity index (χ0) is 16.5. The van der Waals surface area contributed by atoms with Crippen LogP contribution in [0.3, 0.4) is 0 Å². The molecule has 0 unspecified atom stereocenters. The van der Waals surface area contributed by atoms with E-state index < -0.39 is 0 Å². The van der Waals surface area contributed by atoms with E-state index in [1.54, 1.807) is 24.3 Å². The summed E-state index contributed by atoms with van der Waals surface area (Å²) in [5.74, 6) is -0.000784. The fourth-order valence-electron chi connectivity index (χ4n) is 3.23. The van der Waals surface area contributed by atoms with Crippen LogP contribution in [0.2, 0.25) is 0 Å². The Morgan fingerprint density at radius 1 is 0.792 bits per heavy atom. The van der Waals surface area contributed by atoms with Gasteiger partial charge in [0.25, 0.3) is 5.91 Å². The molecule has 0 bridgehead atoms. The summed E-state index contributed by atoms with van der Waals surface area (Å²) in [6.45, 7) is 0.580. The van der Waals surface area contributed by atoms with Crippen LogP contribution in [0.5, 0.6) is 0 Å². The molecule has 2 N–H and O–H groups in total. The first-order valence-electron chi connectivity index (χ1n) is 8.04. The first kappa shape index (κ1) is 14.5. The summed E-state index contributed by atoms with van der Waals surface area (Å²) < 4.78 is 0. The van der Waals surface area contributed by atoms with Crippen molar-refractivity contribution in [2.45, 2.75) is 13.0 Å². The number of nitrogens with two attached hydrogens (primary N) is 1. The number of para-hydroxylation sites is 1. The van der Waals surface area contributed by atoms with E-state index in [2.05, 4.69) is 24.3 Å². The molecule has 0 saturated heterocycles. The lowest BCUT2D eigenvalue weighted by Crippen LogP contribution is -2.30. The summed E-state index contributed by atoms with van der Waals surface area (Å²) in [6, 6.07) is 23.6. The van der Waals surface area contributed by atoms with Gasteiger partial charge in [0.05, 0.1) is 6.54 Å². The molecule has 0 saturated carbocycles. The van der Waals surface area contributed by atoms with Gasteiger partial charge in [0, 0.05) is 16.9 Å². The Balaban J connectivity index is 1.81. The van der Waals surface area contributed by atoms with E-state index in [0.29, 0.717) is 17.8 Å². The van der Waals surface area contributed by atoms with E-state index in [9.17, 15) is 4.79 Å². The van der Waals surface area contributed by atoms with Crippen molar-refractivity contribution < 1.29 is 4.79 Å². The van der Waals surface area contributed by atoms with E-state index in [0.717, 1.165) is 12.1 Å². The molecule has 1 aliphatic heterocycles. The number of fused-ring (bicyclic) bond motifs is 2. The monoisotopic (exact) mass is 314 g/mol. The highest BCUT2D eigenvalue weighted by Crippen LogP contribution is 2.31. The largest absolute Gasteiger partial charge is 0.399 e. The van der Waals surface area contributed by atoms with Gasteiger partial charge < -0.3 is 10.6 Å². The minimum Gasteiger partial charge on any atom is -0.399 e. The zero-order valence-corrected chi connectivity index (χ0v) is 13.3. The predicted molar refractivity (Wildman–Crippen MR) is 97.1 cm³/mol. The van der Waals surface area contributed by atoms with Crippen molar-refractivity contribution in [1.82, 2.24) is 0 Å². The molecule has 24 heavy (non-hydrogen) atoms. The molecule has 1 amide bonds. The SMILES string of the molecule is Nc1ccc(C(=O)N2Cc3ccccc3Cc3ccccc32)cc1. The van der Waals surface area contributed by atoms with Crippen molar-refractivity contribution in [3.63, 3.8) is 0 Å². The fraction of sp³-hybridized carbons (Fsp3) is 0.0952. The summed E-state index contributed by atoms with van der Waals surface area (Å²) >= 11 is 0. The van der Waals surface area contributed by atoms with Gasteiger partial charge in [-0.25, -0.2) is 0 Å². The maximum absolute atomic E-state index is 13.1. The number of carbonyl (C=O) groups is 1. The first-order chi connectivity index (χ1) is 11.7. The van der Waals surface area contributed by atoms with E-state index >= 15 is 0 Å². The van der Waals surface area contributed by atoms with Gasteiger partial charge in [0.2, 0.25) is 0 Å². The molecular formula is C21H18N2O. The van der Waals surface area contributed by atoms with E-state index in [1.165, 1.54) is 16.7 Å². The Labute approximate surface area is 141 Å². The van der Waals surface area contributed by atoms with Gasteiger partial charge in [-0.15, -0.1) is 0 Å². The third-order valence-electron chi connectivity index (χ3n) is 4.51. The Morgan fingerprint density at radius 2 is 1.42 bits per heavy atom. The van der Waals surface area contributed by atoms with Crippen LogP contribution in [0.25, 0.3) is 0 Å². The number of hydrogen-bond acceptors (Lipinski definition) is 2. The fourth-order valence-corrected chi connectivity index (χ4v) is 3.23. The van der Waals surface area contributed by atoms with Crippen LogP contribution in [-0.2, 0) is 13.0 Å². The number of amides is 1. The Morgan fingerprint density at radius 3 is 2.17 bits per heavy atom. The van der Waals surface area contributed by atoms with Gasteiger partial charge in [0.15, 0.2) is 0 Å². The van der Waals surface area contributed by atoms with Crippen LogP contribution in [0, 0.1) is 0 Å². The second kappa shape index (κ2) is 5.85. The van der Waals surface area contributed by atoms with Crippen LogP contribution in [0.1, 0.15) is 27.0 Å². The maximum Gasteiger partial charge on any atom is 0.258 e. The molecule has 0 fully saturated rings. The number of hydrogen-bond donors (Lipinski definition) is 1. The molecule has 118 valence electrons. The minimum absolute atomic E-state index is 0.000784. The molecule has 0 radical (unpaired) electrons. The van der Waals surface area contributed by atoms with Crippen molar-refractivity contribution >= 4 is 17.3 Å². The highest BCUT2D eigenvalue weighted by molar-refractivity contribution is 6.06. The highest BCUT2D eigenvalue weighted by atomic mass is 16.2. The maximum atomic E-state index is 13.1. The molecule has 0 spiro atoms. The number of nitrogen functional groups attached to an aromatic ring is 1. The number of nitrogens with zero attached hydrogens (tertiary/aromatic N) is 1. The summed E-state index contributed by atoms with van der Waals surface area (Å²) in [5.41, 5.74) is 11.7. The van der Waals surface area contributed by atoms with Crippen LogP contribution >= 0.6 is 0 Å². The smallest absolute Gasteiger partial charge is 0.258 e. The summed E-state index contributed by atoms with van der Waals surface area (Å²) in [5, 5.41) is 0. The van der Waals surface area contributed by atoms with Gasteiger partial charge in [-0.05, 0) is 53.4 Å². The molecule has 0 atom stereocenters. The average Bonchev–Trinajstić information content (AvgIpc) is 2.78. The van der Waals surface area contributed by atoms with Crippen molar-refractivity contribution in [3.05, 3.63) is 95.1 Å². The molecule has 3 nitrogen and oxygen atoms in total. The Hall–Kier alpha value is -3.07. The highest BCUT2D eigenvalue weighted by Gasteiger charge is 2.24. The van der Waals surface area contributed by atoms with Crippen molar-refractivity contribution in [3.8, 4) is 0 Å². The molecule has 4 rings (SSSR count). The second-order valence-electron chi connectivity index (χ2n) is 6.09. The first-order valence-corrected chi connectivity index (χ1v) is 8.04. The van der Waals surface area contributed by atoms with E-state index in [1.807, 2.05) is 29.2 Å². The van der Waals surface area contributed by atoms with Crippen molar-refractivity contribution in [1.29, 1.82) is 0 Å². The van der Waals surface area contributed by atoms with Gasteiger partial charge >= 0.3 is 0 Å². The van der Waals surface area contributed by atoms with Gasteiger partial charge in [0.1, 0.15) is 0 Å². The van der Waals surface area contributed by atoms with Crippen LogP contribution in [-0.4, -0.2) is 5.91 Å². The van der Waals surface area contributed by atoms with Gasteiger partial charge in [-0.3, -0.25) is 4.79 Å². The number of benzene rings is 3. The average molecular weight is 314 g/mol. The minimum atomic E-state index is -0.000784. The van der Waals surface area contributed by atoms with Crippen molar-refractivity contribution in [2.24, 2.45) is 0 Å². The van der Waals surface area contributed by atoms with Crippen LogP contribution in [0.15, 0.2) is 72.8 Å². The van der Waals surface area contributed by atoms with E-state index in [-0.39, 0.29) is 5.91 Å². The standard InChI is InChI=1S/C21H18N2O/c22-19-11-9-15(10-12-19)21(24)23-14-18-7-2-1-5-16(18)13-17-6-3-4-8-20(17)23/h1-12H,13-14,22H2. The topological polar surface area (TPSA) is 46.3 Å². The quantitative estimate of drug-likeness (QED) is 0.690. The molecule has 0 aromatic heterocycles. The summed E-state index contributed by atoms with van der Waals surface area (Å²) in [6.07, 6.45) is 0.845. The molecule has 3 aromatic rings. The van der Waals surface area contributed by atoms with Gasteiger partial charge in [-0.1, -0.05) is 42.5 Å². The van der Waals surface area contributed by atoms with Crippen LogP contribution in [0.4, 0.5) is 11.4 Å². The molecule has 1 aliphatic rings. The third kappa shape index (κ3) is 2.54. The normalized spacial score (nSPS) is 12.9. The van der Waals surface area contributed by atoms with Gasteiger partial charge in [-0.2, -0.15) is 0 Å². The number of rotatable bonds is 1. The summed E-state index contributed by atoms with van der Waals surface area (Å²) in [7, 11) is 0. The second-order valence-corrected chi connectivity index (χ2v) is 6.09. The lowest BCUT2D eigenvalue weighted by molar-refractivity contribution is 0.0985. The predicted octanol–water partition coefficient (Wildman–Crippen LogP) is 4.02. The molecule has 3 aromatic carbocycles.